The second kappa shape index (κ2) is 7.15. The van der Waals surface area contributed by atoms with Gasteiger partial charge in [0.1, 0.15) is 5.69 Å². The van der Waals surface area contributed by atoms with E-state index in [1.165, 1.54) is 11.3 Å². The van der Waals surface area contributed by atoms with Crippen LogP contribution in [0.5, 0.6) is 5.88 Å². The third-order valence-corrected chi connectivity index (χ3v) is 3.81. The number of aromatic nitrogens is 4. The molecule has 0 aromatic carbocycles. The second-order valence-electron chi connectivity index (χ2n) is 5.15. The Bertz CT molecular complexity index is 760. The van der Waals surface area contributed by atoms with Crippen LogP contribution in [-0.2, 0) is 6.54 Å². The van der Waals surface area contributed by atoms with Gasteiger partial charge in [-0.05, 0) is 37.6 Å². The number of nitrogens with one attached hydrogen (secondary N) is 1. The molecule has 3 heterocycles. The van der Waals surface area contributed by atoms with E-state index in [1.807, 2.05) is 44.2 Å². The van der Waals surface area contributed by atoms with Crippen LogP contribution in [0, 0.1) is 0 Å². The zero-order valence-electron chi connectivity index (χ0n) is 12.9. The van der Waals surface area contributed by atoms with Crippen LogP contribution < -0.4 is 10.1 Å². The van der Waals surface area contributed by atoms with Crippen LogP contribution in [-0.4, -0.2) is 26.3 Å². The van der Waals surface area contributed by atoms with Crippen molar-refractivity contribution < 1.29 is 4.74 Å². The van der Waals surface area contributed by atoms with Crippen molar-refractivity contribution in [3.8, 4) is 16.6 Å². The van der Waals surface area contributed by atoms with E-state index in [9.17, 15) is 0 Å². The Labute approximate surface area is 138 Å². The van der Waals surface area contributed by atoms with Crippen LogP contribution in [0.4, 0.5) is 5.13 Å². The maximum absolute atomic E-state index is 5.60. The first-order chi connectivity index (χ1) is 11.2. The molecule has 0 radical (unpaired) electrons. The van der Waals surface area contributed by atoms with Crippen LogP contribution in [0.2, 0.25) is 0 Å². The first-order valence-corrected chi connectivity index (χ1v) is 8.13. The lowest BCUT2D eigenvalue weighted by Gasteiger charge is -2.09. The normalized spacial score (nSPS) is 10.7. The van der Waals surface area contributed by atoms with Gasteiger partial charge in [0.15, 0.2) is 5.01 Å². The highest BCUT2D eigenvalue weighted by atomic mass is 32.1. The average molecular weight is 327 g/mol. The van der Waals surface area contributed by atoms with Gasteiger partial charge < -0.3 is 10.1 Å². The summed E-state index contributed by atoms with van der Waals surface area (Å²) in [6, 6.07) is 9.60. The molecule has 0 atom stereocenters. The number of hydrogen-bond acceptors (Lipinski definition) is 7. The van der Waals surface area contributed by atoms with Crippen molar-refractivity contribution in [2.24, 2.45) is 0 Å². The minimum absolute atomic E-state index is 0.106. The molecule has 0 unspecified atom stereocenters. The van der Waals surface area contributed by atoms with Crippen LogP contribution in [0.3, 0.4) is 0 Å². The summed E-state index contributed by atoms with van der Waals surface area (Å²) >= 11 is 1.48. The molecule has 0 spiro atoms. The highest BCUT2D eigenvalue weighted by molar-refractivity contribution is 7.18. The maximum Gasteiger partial charge on any atom is 0.213 e. The first kappa shape index (κ1) is 15.4. The Morgan fingerprint density at radius 3 is 2.83 bits per heavy atom. The van der Waals surface area contributed by atoms with E-state index in [-0.39, 0.29) is 6.10 Å². The summed E-state index contributed by atoms with van der Waals surface area (Å²) in [5, 5.41) is 13.1. The minimum atomic E-state index is 0.106. The molecule has 0 aliphatic heterocycles. The van der Waals surface area contributed by atoms with Crippen LogP contribution in [0.25, 0.3) is 10.7 Å². The van der Waals surface area contributed by atoms with E-state index >= 15 is 0 Å². The smallest absolute Gasteiger partial charge is 0.213 e. The Balaban J connectivity index is 1.64. The molecule has 0 aliphatic carbocycles. The maximum atomic E-state index is 5.60. The molecular formula is C16H17N5OS. The number of ether oxygens (including phenoxy) is 1. The van der Waals surface area contributed by atoms with Gasteiger partial charge in [-0.2, -0.15) is 0 Å². The second-order valence-corrected chi connectivity index (χ2v) is 6.13. The van der Waals surface area contributed by atoms with Crippen molar-refractivity contribution in [3.05, 3.63) is 48.3 Å². The average Bonchev–Trinajstić information content (AvgIpc) is 3.02. The quantitative estimate of drug-likeness (QED) is 0.748. The molecule has 118 valence electrons. The lowest BCUT2D eigenvalue weighted by atomic mass is 10.2. The van der Waals surface area contributed by atoms with Gasteiger partial charge in [-0.15, -0.1) is 10.2 Å². The molecule has 7 heteroatoms. The summed E-state index contributed by atoms with van der Waals surface area (Å²) in [7, 11) is 0. The largest absolute Gasteiger partial charge is 0.475 e. The predicted molar refractivity (Wildman–Crippen MR) is 90.5 cm³/mol. The van der Waals surface area contributed by atoms with Gasteiger partial charge in [-0.3, -0.25) is 4.98 Å². The molecule has 0 bridgehead atoms. The molecule has 0 saturated carbocycles. The minimum Gasteiger partial charge on any atom is -0.475 e. The fourth-order valence-corrected chi connectivity index (χ4v) is 2.65. The fraction of sp³-hybridized carbons (Fsp3) is 0.250. The molecule has 6 nitrogen and oxygen atoms in total. The van der Waals surface area contributed by atoms with Gasteiger partial charge >= 0.3 is 0 Å². The van der Waals surface area contributed by atoms with Crippen LogP contribution in [0.1, 0.15) is 19.4 Å². The van der Waals surface area contributed by atoms with Gasteiger partial charge in [-0.25, -0.2) is 4.98 Å². The number of rotatable bonds is 6. The molecule has 0 amide bonds. The third kappa shape index (κ3) is 4.23. The highest BCUT2D eigenvalue weighted by Gasteiger charge is 2.07. The molecule has 3 rings (SSSR count). The highest BCUT2D eigenvalue weighted by Crippen LogP contribution is 2.24. The molecule has 0 saturated heterocycles. The number of pyridine rings is 2. The molecule has 1 N–H and O–H groups in total. The standard InChI is InChI=1S/C16H17N5OS/c1-11(2)22-14-9-12(6-8-18-14)10-19-16-21-20-15(23-16)13-5-3-4-7-17-13/h3-9,11H,10H2,1-2H3,(H,19,21). The summed E-state index contributed by atoms with van der Waals surface area (Å²) < 4.78 is 5.60. The Morgan fingerprint density at radius 1 is 1.13 bits per heavy atom. The van der Waals surface area contributed by atoms with Crippen LogP contribution in [0.15, 0.2) is 42.7 Å². The lowest BCUT2D eigenvalue weighted by molar-refractivity contribution is 0.232. The summed E-state index contributed by atoms with van der Waals surface area (Å²) in [5.74, 6) is 0.630. The topological polar surface area (TPSA) is 72.8 Å². The molecular weight excluding hydrogens is 310 g/mol. The van der Waals surface area contributed by atoms with E-state index < -0.39 is 0 Å². The van der Waals surface area contributed by atoms with E-state index in [4.69, 9.17) is 4.74 Å². The number of anilines is 1. The van der Waals surface area contributed by atoms with E-state index in [2.05, 4.69) is 25.5 Å². The molecule has 23 heavy (non-hydrogen) atoms. The fourth-order valence-electron chi connectivity index (χ4n) is 1.93. The molecule has 3 aromatic rings. The number of hydrogen-bond donors (Lipinski definition) is 1. The van der Waals surface area contributed by atoms with Crippen molar-refractivity contribution >= 4 is 16.5 Å². The summed E-state index contributed by atoms with van der Waals surface area (Å²) in [4.78, 5) is 8.47. The summed E-state index contributed by atoms with van der Waals surface area (Å²) in [6.45, 7) is 4.59. The van der Waals surface area contributed by atoms with E-state index in [0.29, 0.717) is 12.4 Å². The van der Waals surface area contributed by atoms with Crippen molar-refractivity contribution in [2.45, 2.75) is 26.5 Å². The number of nitrogens with zero attached hydrogens (tertiary/aromatic N) is 4. The zero-order valence-corrected chi connectivity index (χ0v) is 13.7. The van der Waals surface area contributed by atoms with Gasteiger partial charge in [0.25, 0.3) is 0 Å². The van der Waals surface area contributed by atoms with Gasteiger partial charge in [0.05, 0.1) is 6.10 Å². The predicted octanol–water partition coefficient (Wildman–Crippen LogP) is 3.39. The molecule has 0 aliphatic rings. The van der Waals surface area contributed by atoms with Gasteiger partial charge in [-0.1, -0.05) is 17.4 Å². The van der Waals surface area contributed by atoms with E-state index in [0.717, 1.165) is 21.4 Å². The lowest BCUT2D eigenvalue weighted by Crippen LogP contribution is -2.07. The van der Waals surface area contributed by atoms with Crippen molar-refractivity contribution in [1.82, 2.24) is 20.2 Å². The monoisotopic (exact) mass is 327 g/mol. The Kier molecular flexibility index (Phi) is 4.77. The van der Waals surface area contributed by atoms with Crippen molar-refractivity contribution in [3.63, 3.8) is 0 Å². The third-order valence-electron chi connectivity index (χ3n) is 2.91. The Hall–Kier alpha value is -2.54. The van der Waals surface area contributed by atoms with Crippen molar-refractivity contribution in [2.75, 3.05) is 5.32 Å². The molecule has 0 fully saturated rings. The van der Waals surface area contributed by atoms with Gasteiger partial charge in [0, 0.05) is 25.0 Å². The van der Waals surface area contributed by atoms with Gasteiger partial charge in [0.2, 0.25) is 11.0 Å². The van der Waals surface area contributed by atoms with E-state index in [1.54, 1.807) is 12.4 Å². The van der Waals surface area contributed by atoms with Crippen molar-refractivity contribution in [1.29, 1.82) is 0 Å². The SMILES string of the molecule is CC(C)Oc1cc(CNc2nnc(-c3ccccn3)s2)ccn1. The first-order valence-electron chi connectivity index (χ1n) is 7.31. The summed E-state index contributed by atoms with van der Waals surface area (Å²) in [6.07, 6.45) is 3.60. The van der Waals surface area contributed by atoms with Crippen LogP contribution >= 0.6 is 11.3 Å². The Morgan fingerprint density at radius 2 is 2.04 bits per heavy atom. The molecule has 3 aromatic heterocycles. The zero-order chi connectivity index (χ0) is 16.1. The summed E-state index contributed by atoms with van der Waals surface area (Å²) in [5.41, 5.74) is 1.90.